The Morgan fingerprint density at radius 2 is 2.08 bits per heavy atom. The van der Waals surface area contributed by atoms with Crippen LogP contribution in [-0.4, -0.2) is 5.78 Å². The average molecular weight is 164 g/mol. The van der Waals surface area contributed by atoms with Crippen molar-refractivity contribution in [1.29, 1.82) is 0 Å². The predicted molar refractivity (Wildman–Crippen MR) is 52.9 cm³/mol. The third-order valence-electron chi connectivity index (χ3n) is 1.71. The fourth-order valence-corrected chi connectivity index (χ4v) is 1.12. The van der Waals surface area contributed by atoms with Crippen LogP contribution in [0, 0.1) is 5.92 Å². The van der Waals surface area contributed by atoms with Crippen LogP contribution in [0.2, 0.25) is 0 Å². The van der Waals surface area contributed by atoms with E-state index < -0.39 is 0 Å². The van der Waals surface area contributed by atoms with Crippen LogP contribution >= 0.6 is 0 Å². The van der Waals surface area contributed by atoms with E-state index in [0.717, 1.165) is 5.57 Å². The minimum absolute atomic E-state index is 0.208. The molecule has 12 heavy (non-hydrogen) atoms. The lowest BCUT2D eigenvalue weighted by Gasteiger charge is -2.09. The lowest BCUT2D eigenvalue weighted by atomic mass is 9.95. The molecule has 1 nitrogen and oxygen atoms in total. The van der Waals surface area contributed by atoms with Gasteiger partial charge in [0.25, 0.3) is 0 Å². The second kappa shape index (κ2) is 5.53. The Morgan fingerprint density at radius 1 is 1.50 bits per heavy atom. The van der Waals surface area contributed by atoms with E-state index >= 15 is 0 Å². The van der Waals surface area contributed by atoms with Gasteiger partial charge in [-0.05, 0) is 18.4 Å². The van der Waals surface area contributed by atoms with Crippen molar-refractivity contribution in [2.24, 2.45) is 5.92 Å². The molecule has 0 aliphatic rings. The molecule has 0 aromatic rings. The number of carbonyl (C=O) groups is 1. The zero-order valence-electron chi connectivity index (χ0n) is 7.84. The van der Waals surface area contributed by atoms with E-state index in [2.05, 4.69) is 13.2 Å². The molecule has 0 aromatic carbocycles. The van der Waals surface area contributed by atoms with Crippen molar-refractivity contribution in [3.8, 4) is 0 Å². The van der Waals surface area contributed by atoms with Gasteiger partial charge in [0.15, 0.2) is 0 Å². The van der Waals surface area contributed by atoms with E-state index in [1.807, 2.05) is 13.0 Å². The van der Waals surface area contributed by atoms with E-state index in [1.54, 1.807) is 19.1 Å². The number of hydrogen-bond acceptors (Lipinski definition) is 1. The third kappa shape index (κ3) is 3.91. The Balaban J connectivity index is 4.31. The Kier molecular flexibility index (Phi) is 5.02. The first-order chi connectivity index (χ1) is 5.61. The summed E-state index contributed by atoms with van der Waals surface area (Å²) < 4.78 is 0. The number of rotatable bonds is 5. The predicted octanol–water partition coefficient (Wildman–Crippen LogP) is 2.90. The van der Waals surface area contributed by atoms with Crippen molar-refractivity contribution in [3.05, 3.63) is 37.0 Å². The molecular formula is C11H16O. The maximum atomic E-state index is 10.8. The molecule has 0 fully saturated rings. The third-order valence-corrected chi connectivity index (χ3v) is 1.71. The van der Waals surface area contributed by atoms with E-state index in [1.165, 1.54) is 0 Å². The summed E-state index contributed by atoms with van der Waals surface area (Å²) in [6.07, 6.45) is 5.95. The number of hydrogen-bond donors (Lipinski definition) is 0. The van der Waals surface area contributed by atoms with E-state index in [4.69, 9.17) is 0 Å². The standard InChI is InChI=1S/C11H16O/c1-5-7-11(6-2)9(3)8-10(4)12/h5-7,9H,1-2,8H2,3-4H3/b11-7+/t9-/m1/s1. The van der Waals surface area contributed by atoms with Gasteiger partial charge in [-0.25, -0.2) is 0 Å². The molecule has 0 aromatic heterocycles. The molecule has 0 aliphatic heterocycles. The largest absolute Gasteiger partial charge is 0.300 e. The Bertz CT molecular complexity index is 211. The normalized spacial score (nSPS) is 13.7. The lowest BCUT2D eigenvalue weighted by Crippen LogP contribution is -2.03. The fraction of sp³-hybridized carbons (Fsp3) is 0.364. The fourth-order valence-electron chi connectivity index (χ4n) is 1.12. The van der Waals surface area contributed by atoms with E-state index in [-0.39, 0.29) is 11.7 Å². The molecular weight excluding hydrogens is 148 g/mol. The molecule has 0 heterocycles. The van der Waals surface area contributed by atoms with E-state index in [9.17, 15) is 4.79 Å². The highest BCUT2D eigenvalue weighted by atomic mass is 16.1. The summed E-state index contributed by atoms with van der Waals surface area (Å²) in [6, 6.07) is 0. The van der Waals surface area contributed by atoms with Crippen molar-refractivity contribution >= 4 is 5.78 Å². The number of ketones is 1. The summed E-state index contributed by atoms with van der Waals surface area (Å²) in [7, 11) is 0. The first kappa shape index (κ1) is 10.9. The Labute approximate surface area is 74.5 Å². The summed E-state index contributed by atoms with van der Waals surface area (Å²) in [5.74, 6) is 0.456. The van der Waals surface area contributed by atoms with Crippen LogP contribution in [0.1, 0.15) is 20.3 Å². The highest BCUT2D eigenvalue weighted by molar-refractivity contribution is 5.76. The van der Waals surface area contributed by atoms with Crippen molar-refractivity contribution in [3.63, 3.8) is 0 Å². The van der Waals surface area contributed by atoms with Crippen molar-refractivity contribution < 1.29 is 4.79 Å². The highest BCUT2D eigenvalue weighted by Crippen LogP contribution is 2.15. The number of Topliss-reactive ketones (excluding diaryl/α,β-unsaturated/α-hetero) is 1. The van der Waals surface area contributed by atoms with Crippen molar-refractivity contribution in [1.82, 2.24) is 0 Å². The van der Waals surface area contributed by atoms with Crippen LogP contribution in [-0.2, 0) is 4.79 Å². The van der Waals surface area contributed by atoms with Crippen molar-refractivity contribution in [2.45, 2.75) is 20.3 Å². The topological polar surface area (TPSA) is 17.1 Å². The molecule has 0 bridgehead atoms. The summed E-state index contributed by atoms with van der Waals surface area (Å²) >= 11 is 0. The van der Waals surface area contributed by atoms with Gasteiger partial charge >= 0.3 is 0 Å². The molecule has 0 aliphatic carbocycles. The molecule has 0 saturated carbocycles. The van der Waals surface area contributed by atoms with Gasteiger partial charge < -0.3 is 4.79 Å². The van der Waals surface area contributed by atoms with Gasteiger partial charge in [0, 0.05) is 6.42 Å². The van der Waals surface area contributed by atoms with Crippen LogP contribution in [0.25, 0.3) is 0 Å². The first-order valence-corrected chi connectivity index (χ1v) is 4.06. The van der Waals surface area contributed by atoms with Gasteiger partial charge in [0.1, 0.15) is 5.78 Å². The van der Waals surface area contributed by atoms with Crippen LogP contribution in [0.4, 0.5) is 0 Å². The summed E-state index contributed by atoms with van der Waals surface area (Å²) in [6.45, 7) is 10.9. The molecule has 0 N–H and O–H groups in total. The quantitative estimate of drug-likeness (QED) is 0.571. The minimum Gasteiger partial charge on any atom is -0.300 e. The summed E-state index contributed by atoms with van der Waals surface area (Å²) in [5.41, 5.74) is 1.07. The molecule has 0 amide bonds. The minimum atomic E-state index is 0.208. The van der Waals surface area contributed by atoms with Gasteiger partial charge in [-0.1, -0.05) is 38.3 Å². The molecule has 66 valence electrons. The SMILES string of the molecule is C=C/C=C(\C=C)[C@H](C)CC(C)=O. The monoisotopic (exact) mass is 164 g/mol. The highest BCUT2D eigenvalue weighted by Gasteiger charge is 2.07. The van der Waals surface area contributed by atoms with Crippen LogP contribution in [0.3, 0.4) is 0 Å². The summed E-state index contributed by atoms with van der Waals surface area (Å²) in [4.78, 5) is 10.8. The molecule has 1 atom stereocenters. The smallest absolute Gasteiger partial charge is 0.130 e. The maximum absolute atomic E-state index is 10.8. The Morgan fingerprint density at radius 3 is 2.42 bits per heavy atom. The second-order valence-electron chi connectivity index (χ2n) is 2.91. The average Bonchev–Trinajstić information content (AvgIpc) is 1.98. The zero-order chi connectivity index (χ0) is 9.56. The van der Waals surface area contributed by atoms with E-state index in [0.29, 0.717) is 6.42 Å². The van der Waals surface area contributed by atoms with Crippen LogP contribution < -0.4 is 0 Å². The molecule has 0 unspecified atom stereocenters. The van der Waals surface area contributed by atoms with Gasteiger partial charge in [-0.3, -0.25) is 0 Å². The molecule has 0 rings (SSSR count). The number of allylic oxidation sites excluding steroid dienone is 4. The summed E-state index contributed by atoms with van der Waals surface area (Å²) in [5, 5.41) is 0. The molecule has 1 heteroatoms. The number of carbonyl (C=O) groups excluding carboxylic acids is 1. The Hall–Kier alpha value is -1.11. The van der Waals surface area contributed by atoms with Gasteiger partial charge in [-0.2, -0.15) is 0 Å². The van der Waals surface area contributed by atoms with Gasteiger partial charge in [-0.15, -0.1) is 0 Å². The van der Waals surface area contributed by atoms with Crippen molar-refractivity contribution in [2.75, 3.05) is 0 Å². The molecule has 0 spiro atoms. The van der Waals surface area contributed by atoms with Crippen LogP contribution in [0.5, 0.6) is 0 Å². The zero-order valence-corrected chi connectivity index (χ0v) is 7.84. The van der Waals surface area contributed by atoms with Crippen LogP contribution in [0.15, 0.2) is 37.0 Å². The lowest BCUT2D eigenvalue weighted by molar-refractivity contribution is -0.117. The van der Waals surface area contributed by atoms with Gasteiger partial charge in [0.2, 0.25) is 0 Å². The molecule has 0 radical (unpaired) electrons. The second-order valence-corrected chi connectivity index (χ2v) is 2.91. The maximum Gasteiger partial charge on any atom is 0.130 e. The first-order valence-electron chi connectivity index (χ1n) is 4.06. The molecule has 0 saturated heterocycles. The van der Waals surface area contributed by atoms with Gasteiger partial charge in [0.05, 0.1) is 0 Å².